The zero-order chi connectivity index (χ0) is 11.8. The van der Waals surface area contributed by atoms with Gasteiger partial charge in [-0.15, -0.1) is 0 Å². The van der Waals surface area contributed by atoms with E-state index in [1.165, 1.54) is 5.56 Å². The molecule has 86 valence electrons. The van der Waals surface area contributed by atoms with Crippen LogP contribution in [0.25, 0.3) is 0 Å². The van der Waals surface area contributed by atoms with Crippen molar-refractivity contribution in [3.05, 3.63) is 29.3 Å². The second kappa shape index (κ2) is 3.93. The van der Waals surface area contributed by atoms with Crippen molar-refractivity contribution in [2.75, 3.05) is 0 Å². The van der Waals surface area contributed by atoms with E-state index in [-0.39, 0.29) is 5.41 Å². The molecule has 0 aliphatic heterocycles. The summed E-state index contributed by atoms with van der Waals surface area (Å²) in [7, 11) is 0. The molecule has 1 fully saturated rings. The van der Waals surface area contributed by atoms with Gasteiger partial charge in [-0.2, -0.15) is 0 Å². The van der Waals surface area contributed by atoms with Crippen LogP contribution in [0.2, 0.25) is 0 Å². The molecule has 0 unspecified atom stereocenters. The lowest BCUT2D eigenvalue weighted by atomic mass is 9.86. The Morgan fingerprint density at radius 1 is 1.31 bits per heavy atom. The summed E-state index contributed by atoms with van der Waals surface area (Å²) in [6.45, 7) is 6.47. The number of rotatable bonds is 3. The van der Waals surface area contributed by atoms with Crippen molar-refractivity contribution in [3.8, 4) is 5.75 Å². The molecule has 0 saturated heterocycles. The number of aldehydes is 1. The van der Waals surface area contributed by atoms with Crippen LogP contribution in [0, 0.1) is 0 Å². The number of ether oxygens (including phenoxy) is 1. The molecular formula is C14H18O2. The largest absolute Gasteiger partial charge is 0.490 e. The van der Waals surface area contributed by atoms with Crippen molar-refractivity contribution < 1.29 is 9.53 Å². The second-order valence-electron chi connectivity index (χ2n) is 5.44. The van der Waals surface area contributed by atoms with Gasteiger partial charge in [-0.25, -0.2) is 0 Å². The van der Waals surface area contributed by atoms with Gasteiger partial charge >= 0.3 is 0 Å². The van der Waals surface area contributed by atoms with Gasteiger partial charge < -0.3 is 4.74 Å². The summed E-state index contributed by atoms with van der Waals surface area (Å²) in [5.74, 6) is 0.741. The Kier molecular flexibility index (Phi) is 2.75. The van der Waals surface area contributed by atoms with Crippen LogP contribution in [0.15, 0.2) is 18.2 Å². The number of benzene rings is 1. The van der Waals surface area contributed by atoms with Gasteiger partial charge in [-0.3, -0.25) is 4.79 Å². The Labute approximate surface area is 96.6 Å². The lowest BCUT2D eigenvalue weighted by Gasteiger charge is -2.20. The smallest absolute Gasteiger partial charge is 0.153 e. The van der Waals surface area contributed by atoms with Gasteiger partial charge in [0.2, 0.25) is 0 Å². The van der Waals surface area contributed by atoms with E-state index in [1.54, 1.807) is 0 Å². The summed E-state index contributed by atoms with van der Waals surface area (Å²) < 4.78 is 5.75. The zero-order valence-corrected chi connectivity index (χ0v) is 10.1. The van der Waals surface area contributed by atoms with Gasteiger partial charge in [0.25, 0.3) is 0 Å². The predicted molar refractivity (Wildman–Crippen MR) is 64.2 cm³/mol. The molecule has 2 rings (SSSR count). The van der Waals surface area contributed by atoms with Crippen LogP contribution in [-0.2, 0) is 5.41 Å². The second-order valence-corrected chi connectivity index (χ2v) is 5.44. The predicted octanol–water partition coefficient (Wildman–Crippen LogP) is 3.34. The Balaban J connectivity index is 2.33. The number of hydrogen-bond donors (Lipinski definition) is 0. The number of hydrogen-bond acceptors (Lipinski definition) is 2. The van der Waals surface area contributed by atoms with E-state index < -0.39 is 0 Å². The fourth-order valence-electron chi connectivity index (χ4n) is 1.57. The molecule has 1 aliphatic rings. The zero-order valence-electron chi connectivity index (χ0n) is 10.1. The highest BCUT2D eigenvalue weighted by atomic mass is 16.5. The molecule has 1 aromatic rings. The molecule has 2 nitrogen and oxygen atoms in total. The fourth-order valence-corrected chi connectivity index (χ4v) is 1.57. The number of carbonyl (C=O) groups excluding carboxylic acids is 1. The highest BCUT2D eigenvalue weighted by Gasteiger charge is 2.25. The first kappa shape index (κ1) is 11.2. The molecule has 1 saturated carbocycles. The molecule has 16 heavy (non-hydrogen) atoms. The van der Waals surface area contributed by atoms with Crippen molar-refractivity contribution in [1.82, 2.24) is 0 Å². The molecule has 0 atom stereocenters. The third-order valence-corrected chi connectivity index (χ3v) is 2.82. The molecule has 1 aliphatic carbocycles. The average Bonchev–Trinajstić information content (AvgIpc) is 3.00. The van der Waals surface area contributed by atoms with E-state index in [4.69, 9.17) is 4.74 Å². The fraction of sp³-hybridized carbons (Fsp3) is 0.500. The Morgan fingerprint density at radius 3 is 2.50 bits per heavy atom. The van der Waals surface area contributed by atoms with Crippen LogP contribution in [-0.4, -0.2) is 12.4 Å². The van der Waals surface area contributed by atoms with Crippen molar-refractivity contribution in [2.24, 2.45) is 0 Å². The first-order valence-electron chi connectivity index (χ1n) is 5.77. The van der Waals surface area contributed by atoms with Crippen LogP contribution in [0.5, 0.6) is 5.75 Å². The first-order valence-corrected chi connectivity index (χ1v) is 5.77. The van der Waals surface area contributed by atoms with Gasteiger partial charge in [0.05, 0.1) is 11.7 Å². The minimum atomic E-state index is 0.0864. The van der Waals surface area contributed by atoms with Gasteiger partial charge in [0.1, 0.15) is 5.75 Å². The molecule has 2 heteroatoms. The molecule has 0 radical (unpaired) electrons. The SMILES string of the molecule is CC(C)(C)c1ccc(C=O)c(OC2CC2)c1. The average molecular weight is 218 g/mol. The highest BCUT2D eigenvalue weighted by molar-refractivity contribution is 5.79. The molecule has 0 amide bonds. The molecule has 0 spiro atoms. The molecule has 0 N–H and O–H groups in total. The van der Waals surface area contributed by atoms with E-state index in [0.29, 0.717) is 11.7 Å². The van der Waals surface area contributed by atoms with Crippen molar-refractivity contribution in [1.29, 1.82) is 0 Å². The molecular weight excluding hydrogens is 200 g/mol. The Hall–Kier alpha value is -1.31. The van der Waals surface area contributed by atoms with Crippen LogP contribution < -0.4 is 4.74 Å². The van der Waals surface area contributed by atoms with Crippen LogP contribution in [0.4, 0.5) is 0 Å². The first-order chi connectivity index (χ1) is 7.50. The standard InChI is InChI=1S/C14H18O2/c1-14(2,3)11-5-4-10(9-15)13(8-11)16-12-6-7-12/h4-5,8-9,12H,6-7H2,1-3H3. The Morgan fingerprint density at radius 2 is 2.00 bits per heavy atom. The van der Waals surface area contributed by atoms with Gasteiger partial charge in [-0.1, -0.05) is 26.8 Å². The van der Waals surface area contributed by atoms with E-state index in [9.17, 15) is 4.79 Å². The third-order valence-electron chi connectivity index (χ3n) is 2.82. The Bertz CT molecular complexity index is 398. The lowest BCUT2D eigenvalue weighted by molar-refractivity contribution is 0.111. The minimum Gasteiger partial charge on any atom is -0.490 e. The monoisotopic (exact) mass is 218 g/mol. The molecule has 1 aromatic carbocycles. The minimum absolute atomic E-state index is 0.0864. The summed E-state index contributed by atoms with van der Waals surface area (Å²) in [4.78, 5) is 10.9. The molecule has 0 aromatic heterocycles. The van der Waals surface area contributed by atoms with Crippen molar-refractivity contribution in [3.63, 3.8) is 0 Å². The third kappa shape index (κ3) is 2.43. The lowest BCUT2D eigenvalue weighted by Crippen LogP contribution is -2.12. The summed E-state index contributed by atoms with van der Waals surface area (Å²) in [6.07, 6.45) is 3.41. The summed E-state index contributed by atoms with van der Waals surface area (Å²) in [6, 6.07) is 5.86. The number of carbonyl (C=O) groups is 1. The maximum absolute atomic E-state index is 10.9. The van der Waals surface area contributed by atoms with Gasteiger partial charge in [0.15, 0.2) is 6.29 Å². The maximum atomic E-state index is 10.9. The van der Waals surface area contributed by atoms with E-state index in [2.05, 4.69) is 20.8 Å². The summed E-state index contributed by atoms with van der Waals surface area (Å²) >= 11 is 0. The van der Waals surface area contributed by atoms with Crippen LogP contribution in [0.1, 0.15) is 49.5 Å². The highest BCUT2D eigenvalue weighted by Crippen LogP contribution is 2.32. The van der Waals surface area contributed by atoms with Gasteiger partial charge in [-0.05, 0) is 36.0 Å². The van der Waals surface area contributed by atoms with Crippen LogP contribution >= 0.6 is 0 Å². The van der Waals surface area contributed by atoms with E-state index in [1.807, 2.05) is 18.2 Å². The molecule has 0 heterocycles. The van der Waals surface area contributed by atoms with E-state index in [0.717, 1.165) is 24.9 Å². The van der Waals surface area contributed by atoms with E-state index >= 15 is 0 Å². The quantitative estimate of drug-likeness (QED) is 0.727. The normalized spacial score (nSPS) is 15.9. The summed E-state index contributed by atoms with van der Waals surface area (Å²) in [5.41, 5.74) is 1.94. The summed E-state index contributed by atoms with van der Waals surface area (Å²) in [5, 5.41) is 0. The maximum Gasteiger partial charge on any atom is 0.153 e. The van der Waals surface area contributed by atoms with Crippen LogP contribution in [0.3, 0.4) is 0 Å². The topological polar surface area (TPSA) is 26.3 Å². The van der Waals surface area contributed by atoms with Gasteiger partial charge in [0, 0.05) is 0 Å². The van der Waals surface area contributed by atoms with Crippen molar-refractivity contribution >= 4 is 6.29 Å². The molecule has 0 bridgehead atoms. The van der Waals surface area contributed by atoms with Crippen molar-refractivity contribution in [2.45, 2.75) is 45.1 Å².